The number of aromatic nitrogens is 1. The first-order valence-electron chi connectivity index (χ1n) is 11.2. The minimum atomic E-state index is -5.26. The number of likely N-dealkylation sites (tertiary alicyclic amines) is 1. The molecule has 1 aliphatic rings. The lowest BCUT2D eigenvalue weighted by Crippen LogP contribution is -2.43. The number of carbonyl (C=O) groups is 1. The molecule has 2 heterocycles. The van der Waals surface area contributed by atoms with Crippen LogP contribution in [0.15, 0.2) is 48.7 Å². The van der Waals surface area contributed by atoms with Gasteiger partial charge in [-0.15, -0.1) is 0 Å². The largest absolute Gasteiger partial charge is 0.491 e. The lowest BCUT2D eigenvalue weighted by atomic mass is 9.73. The number of halogens is 6. The van der Waals surface area contributed by atoms with Gasteiger partial charge in [0.2, 0.25) is 0 Å². The zero-order valence-corrected chi connectivity index (χ0v) is 19.3. The van der Waals surface area contributed by atoms with Gasteiger partial charge in [0.05, 0.1) is 24.3 Å². The molecule has 1 aromatic heterocycles. The van der Waals surface area contributed by atoms with Gasteiger partial charge in [-0.2, -0.15) is 26.3 Å². The molecule has 0 radical (unpaired) electrons. The molecule has 0 saturated carbocycles. The Balaban J connectivity index is 1.65. The highest BCUT2D eigenvalue weighted by Crippen LogP contribution is 2.39. The van der Waals surface area contributed by atoms with Crippen molar-refractivity contribution in [1.29, 1.82) is 0 Å². The predicted molar refractivity (Wildman–Crippen MR) is 119 cm³/mol. The highest BCUT2D eigenvalue weighted by Gasteiger charge is 2.42. The number of aromatic amines is 1. The van der Waals surface area contributed by atoms with Gasteiger partial charge < -0.3 is 19.4 Å². The molecule has 0 aliphatic carbocycles. The first kappa shape index (κ1) is 26.0. The number of fused-ring (bicyclic) bond motifs is 1. The number of carbonyl (C=O) groups excluding carboxylic acids is 1. The molecule has 0 bridgehead atoms. The molecule has 0 spiro atoms. The Morgan fingerprint density at radius 3 is 2.33 bits per heavy atom. The zero-order valence-electron chi connectivity index (χ0n) is 19.3. The topological polar surface area (TPSA) is 54.6 Å². The molecular weight excluding hydrogens is 490 g/mol. The van der Waals surface area contributed by atoms with E-state index in [9.17, 15) is 31.1 Å². The zero-order chi connectivity index (χ0) is 26.1. The van der Waals surface area contributed by atoms with E-state index in [4.69, 9.17) is 4.74 Å². The summed E-state index contributed by atoms with van der Waals surface area (Å²) in [5, 5.41) is -0.0715. The van der Waals surface area contributed by atoms with Crippen LogP contribution in [0.5, 0.6) is 5.75 Å². The van der Waals surface area contributed by atoms with Crippen molar-refractivity contribution in [2.24, 2.45) is 0 Å². The second-order valence-corrected chi connectivity index (χ2v) is 9.04. The third-order valence-electron chi connectivity index (χ3n) is 6.55. The van der Waals surface area contributed by atoms with Crippen LogP contribution < -0.4 is 4.74 Å². The quantitative estimate of drug-likeness (QED) is 0.332. The van der Waals surface area contributed by atoms with E-state index in [1.807, 2.05) is 37.4 Å². The monoisotopic (exact) mass is 514 g/mol. The summed E-state index contributed by atoms with van der Waals surface area (Å²) in [7, 11) is 2.00. The third-order valence-corrected chi connectivity index (χ3v) is 6.55. The fourth-order valence-corrected chi connectivity index (χ4v) is 4.55. The summed E-state index contributed by atoms with van der Waals surface area (Å²) in [5.74, 6) is -2.98. The summed E-state index contributed by atoms with van der Waals surface area (Å²) in [4.78, 5) is 16.0. The van der Waals surface area contributed by atoms with Crippen molar-refractivity contribution < 1.29 is 40.6 Å². The minimum absolute atomic E-state index is 0.0396. The Labute approximate surface area is 203 Å². The molecule has 1 aliphatic heterocycles. The molecule has 1 N–H and O–H groups in total. The lowest BCUT2D eigenvalue weighted by Gasteiger charge is -2.41. The van der Waals surface area contributed by atoms with Crippen molar-refractivity contribution in [3.63, 3.8) is 0 Å². The standard InChI is InChI=1S/C25H24F6N2O3/c1-33-9-7-23(8-10-33,17-5-3-2-4-6-17)15-35-14-16-11-18(24(26,27)28)12-19-21(16)20(13-32-19)36-22(34)25(29,30)31/h2-6,11-13,32H,7-10,14-15H2,1H3. The maximum absolute atomic E-state index is 13.5. The van der Waals surface area contributed by atoms with Crippen molar-refractivity contribution in [3.05, 3.63) is 65.4 Å². The van der Waals surface area contributed by atoms with Crippen LogP contribution in [0, 0.1) is 0 Å². The first-order valence-corrected chi connectivity index (χ1v) is 11.2. The highest BCUT2D eigenvalue weighted by atomic mass is 19.4. The molecule has 0 unspecified atom stereocenters. The van der Waals surface area contributed by atoms with Crippen molar-refractivity contribution in [2.75, 3.05) is 26.7 Å². The van der Waals surface area contributed by atoms with Gasteiger partial charge in [-0.3, -0.25) is 0 Å². The number of nitrogens with zero attached hydrogens (tertiary/aromatic N) is 1. The Morgan fingerprint density at radius 1 is 1.06 bits per heavy atom. The normalized spacial score (nSPS) is 16.9. The predicted octanol–water partition coefficient (Wildman–Crippen LogP) is 5.83. The SMILES string of the molecule is CN1CCC(COCc2cc(C(F)(F)F)cc3[nH]cc(OC(=O)C(F)(F)F)c23)(c2ccccc2)CC1. The van der Waals surface area contributed by atoms with E-state index in [1.54, 1.807) is 0 Å². The van der Waals surface area contributed by atoms with Gasteiger partial charge >= 0.3 is 18.3 Å². The van der Waals surface area contributed by atoms with Crippen LogP contribution in [0.4, 0.5) is 26.3 Å². The van der Waals surface area contributed by atoms with Crippen LogP contribution in [0.2, 0.25) is 0 Å². The summed E-state index contributed by atoms with van der Waals surface area (Å²) in [6.07, 6.45) is -7.49. The Kier molecular flexibility index (Phi) is 7.07. The number of hydrogen-bond acceptors (Lipinski definition) is 4. The maximum Gasteiger partial charge on any atom is 0.491 e. The maximum atomic E-state index is 13.5. The molecule has 1 saturated heterocycles. The summed E-state index contributed by atoms with van der Waals surface area (Å²) in [5.41, 5.74) is -0.472. The molecule has 36 heavy (non-hydrogen) atoms. The Bertz CT molecular complexity index is 1210. The number of H-pyrrole nitrogens is 1. The summed E-state index contributed by atoms with van der Waals surface area (Å²) in [6.45, 7) is 1.49. The Morgan fingerprint density at radius 2 is 1.72 bits per heavy atom. The van der Waals surface area contributed by atoms with Crippen LogP contribution in [-0.2, 0) is 27.7 Å². The molecule has 1 fully saturated rings. The number of rotatable bonds is 6. The van der Waals surface area contributed by atoms with Crippen LogP contribution in [0.1, 0.15) is 29.5 Å². The number of ether oxygens (including phenoxy) is 2. The number of esters is 1. The summed E-state index contributed by atoms with van der Waals surface area (Å²) in [6, 6.07) is 11.2. The molecule has 194 valence electrons. The molecule has 2 aromatic carbocycles. The van der Waals surface area contributed by atoms with Gasteiger partial charge in [-0.25, -0.2) is 4.79 Å². The van der Waals surface area contributed by atoms with Crippen LogP contribution >= 0.6 is 0 Å². The second-order valence-electron chi connectivity index (χ2n) is 9.04. The number of benzene rings is 2. The second kappa shape index (κ2) is 9.78. The fraction of sp³-hybridized carbons (Fsp3) is 0.400. The number of hydrogen-bond donors (Lipinski definition) is 1. The average Bonchev–Trinajstić information content (AvgIpc) is 3.23. The van der Waals surface area contributed by atoms with E-state index in [-0.39, 0.29) is 35.1 Å². The molecule has 11 heteroatoms. The van der Waals surface area contributed by atoms with Gasteiger partial charge in [-0.05, 0) is 56.2 Å². The summed E-state index contributed by atoms with van der Waals surface area (Å²) < 4.78 is 89.2. The van der Waals surface area contributed by atoms with E-state index in [0.29, 0.717) is 0 Å². The average molecular weight is 514 g/mol. The first-order chi connectivity index (χ1) is 16.9. The van der Waals surface area contributed by atoms with Crippen LogP contribution in [0.3, 0.4) is 0 Å². The van der Waals surface area contributed by atoms with Gasteiger partial charge in [0.15, 0.2) is 5.75 Å². The minimum Gasteiger partial charge on any atom is -0.418 e. The van der Waals surface area contributed by atoms with Gasteiger partial charge in [0.25, 0.3) is 0 Å². The van der Waals surface area contributed by atoms with Crippen LogP contribution in [0.25, 0.3) is 10.9 Å². The fourth-order valence-electron chi connectivity index (χ4n) is 4.55. The third kappa shape index (κ3) is 5.52. The number of piperidine rings is 1. The molecule has 3 aromatic rings. The lowest BCUT2D eigenvalue weighted by molar-refractivity contribution is -0.189. The molecular formula is C25H24F6N2O3. The van der Waals surface area contributed by atoms with E-state index in [1.165, 1.54) is 0 Å². The molecule has 4 rings (SSSR count). The summed E-state index contributed by atoms with van der Waals surface area (Å²) >= 11 is 0. The van der Waals surface area contributed by atoms with Crippen LogP contribution in [-0.4, -0.2) is 48.8 Å². The van der Waals surface area contributed by atoms with Gasteiger partial charge in [0, 0.05) is 17.0 Å². The van der Waals surface area contributed by atoms with E-state index in [0.717, 1.165) is 49.8 Å². The van der Waals surface area contributed by atoms with Crippen molar-refractivity contribution >= 4 is 16.9 Å². The van der Waals surface area contributed by atoms with E-state index >= 15 is 0 Å². The van der Waals surface area contributed by atoms with E-state index in [2.05, 4.69) is 14.6 Å². The van der Waals surface area contributed by atoms with Crippen molar-refractivity contribution in [3.8, 4) is 5.75 Å². The highest BCUT2D eigenvalue weighted by molar-refractivity contribution is 5.92. The molecule has 5 nitrogen and oxygen atoms in total. The number of nitrogens with one attached hydrogen (secondary N) is 1. The molecule has 0 atom stereocenters. The van der Waals surface area contributed by atoms with Crippen molar-refractivity contribution in [2.45, 2.75) is 37.2 Å². The van der Waals surface area contributed by atoms with E-state index < -0.39 is 29.6 Å². The number of alkyl halides is 6. The van der Waals surface area contributed by atoms with Gasteiger partial charge in [0.1, 0.15) is 0 Å². The molecule has 0 amide bonds. The Hall–Kier alpha value is -3.05. The smallest absolute Gasteiger partial charge is 0.418 e. The van der Waals surface area contributed by atoms with Crippen molar-refractivity contribution in [1.82, 2.24) is 9.88 Å². The van der Waals surface area contributed by atoms with Gasteiger partial charge in [-0.1, -0.05) is 30.3 Å².